The summed E-state index contributed by atoms with van der Waals surface area (Å²) in [7, 11) is 0. The first kappa shape index (κ1) is 19.1. The number of amides is 2. The molecule has 1 aliphatic rings. The third-order valence-corrected chi connectivity index (χ3v) is 5.74. The Labute approximate surface area is 167 Å². The maximum Gasteiger partial charge on any atom is 0.262 e. The smallest absolute Gasteiger partial charge is 0.262 e. The molecule has 1 atom stereocenters. The molecule has 0 saturated carbocycles. The van der Waals surface area contributed by atoms with Crippen molar-refractivity contribution in [3.8, 4) is 6.07 Å². The summed E-state index contributed by atoms with van der Waals surface area (Å²) < 4.78 is 14.2. The third-order valence-electron chi connectivity index (χ3n) is 3.94. The highest BCUT2D eigenvalue weighted by Crippen LogP contribution is 2.41. The summed E-state index contributed by atoms with van der Waals surface area (Å²) in [5.41, 5.74) is 6.32. The molecule has 3 rings (SSSR count). The van der Waals surface area contributed by atoms with Crippen molar-refractivity contribution in [3.05, 3.63) is 75.0 Å². The van der Waals surface area contributed by atoms with Crippen molar-refractivity contribution in [2.24, 2.45) is 5.73 Å². The van der Waals surface area contributed by atoms with E-state index in [0.29, 0.717) is 12.1 Å². The Hall–Kier alpha value is -2.63. The van der Waals surface area contributed by atoms with Crippen LogP contribution in [0.2, 0.25) is 0 Å². The Morgan fingerprint density at radius 2 is 1.85 bits per heavy atom. The molecule has 0 bridgehead atoms. The summed E-state index contributed by atoms with van der Waals surface area (Å²) in [5, 5.41) is 8.97. The summed E-state index contributed by atoms with van der Waals surface area (Å²) in [6.07, 6.45) is 0.412. The number of carbonyl (C=O) groups excluding carboxylic acids is 2. The van der Waals surface area contributed by atoms with Crippen LogP contribution in [0.4, 0.5) is 10.1 Å². The van der Waals surface area contributed by atoms with Crippen LogP contribution in [0, 0.1) is 17.1 Å². The van der Waals surface area contributed by atoms with Crippen LogP contribution in [0.1, 0.15) is 5.56 Å². The fraction of sp³-hybridized carbons (Fsp3) is 0.105. The Bertz CT molecular complexity index is 968. The molecule has 2 N–H and O–H groups in total. The number of hydrogen-bond donors (Lipinski definition) is 1. The number of anilines is 1. The zero-order chi connectivity index (χ0) is 19.6. The molecule has 0 spiro atoms. The lowest BCUT2D eigenvalue weighted by molar-refractivity contribution is -0.117. The van der Waals surface area contributed by atoms with Gasteiger partial charge in [-0.1, -0.05) is 39.8 Å². The number of benzene rings is 2. The maximum absolute atomic E-state index is 13.3. The Kier molecular flexibility index (Phi) is 5.63. The van der Waals surface area contributed by atoms with E-state index in [4.69, 9.17) is 5.73 Å². The van der Waals surface area contributed by atoms with E-state index in [0.717, 1.165) is 21.8 Å². The molecule has 2 aromatic rings. The van der Waals surface area contributed by atoms with Gasteiger partial charge in [-0.25, -0.2) is 4.39 Å². The van der Waals surface area contributed by atoms with E-state index < -0.39 is 17.0 Å². The summed E-state index contributed by atoms with van der Waals surface area (Å²) in [4.78, 5) is 26.0. The number of hydrogen-bond acceptors (Lipinski definition) is 4. The van der Waals surface area contributed by atoms with Gasteiger partial charge in [0.2, 0.25) is 5.91 Å². The molecule has 1 fully saturated rings. The van der Waals surface area contributed by atoms with Crippen LogP contribution in [0.3, 0.4) is 0 Å². The van der Waals surface area contributed by atoms with Crippen LogP contribution < -0.4 is 10.6 Å². The second kappa shape index (κ2) is 7.94. The van der Waals surface area contributed by atoms with Gasteiger partial charge in [-0.3, -0.25) is 14.5 Å². The van der Waals surface area contributed by atoms with Crippen molar-refractivity contribution >= 4 is 45.2 Å². The number of nitrogens with two attached hydrogens (primary N) is 1. The Balaban J connectivity index is 2.01. The van der Waals surface area contributed by atoms with Crippen LogP contribution in [-0.2, 0) is 16.0 Å². The molecule has 8 heteroatoms. The zero-order valence-corrected chi connectivity index (χ0v) is 16.3. The van der Waals surface area contributed by atoms with E-state index in [2.05, 4.69) is 15.9 Å². The second-order valence-corrected chi connectivity index (χ2v) is 7.85. The topological polar surface area (TPSA) is 87.2 Å². The lowest BCUT2D eigenvalue weighted by atomic mass is 10.1. The van der Waals surface area contributed by atoms with Crippen molar-refractivity contribution in [3.63, 3.8) is 0 Å². The van der Waals surface area contributed by atoms with Crippen LogP contribution in [0.5, 0.6) is 0 Å². The number of nitrogens with zero attached hydrogens (tertiary/aromatic N) is 2. The summed E-state index contributed by atoms with van der Waals surface area (Å²) in [6, 6.07) is 14.6. The van der Waals surface area contributed by atoms with Crippen LogP contribution in [0.15, 0.2) is 63.6 Å². The Morgan fingerprint density at radius 1 is 1.22 bits per heavy atom. The fourth-order valence-corrected chi connectivity index (χ4v) is 4.24. The van der Waals surface area contributed by atoms with E-state index in [1.807, 2.05) is 24.3 Å². The van der Waals surface area contributed by atoms with E-state index in [1.54, 1.807) is 6.07 Å². The molecule has 1 unspecified atom stereocenters. The third kappa shape index (κ3) is 4.04. The molecule has 0 aromatic heterocycles. The first-order valence-corrected chi connectivity index (χ1v) is 9.53. The minimum atomic E-state index is -0.913. The minimum absolute atomic E-state index is 0.170. The number of halogens is 2. The first-order valence-electron chi connectivity index (χ1n) is 7.85. The normalized spacial score (nSPS) is 18.3. The number of carbonyl (C=O) groups is 2. The quantitative estimate of drug-likeness (QED) is 0.576. The van der Waals surface area contributed by atoms with Gasteiger partial charge in [0.1, 0.15) is 22.5 Å². The van der Waals surface area contributed by atoms with E-state index in [-0.39, 0.29) is 16.5 Å². The van der Waals surface area contributed by atoms with Crippen molar-refractivity contribution in [2.75, 3.05) is 4.90 Å². The standard InChI is InChI=1S/C19H13BrFN3O2S/c20-12-3-1-11(2-4-12)9-16-18(26)24(14-7-5-13(21)6-8-14)19(27-16)15(10-22)17(23)25/h1-8,16H,9H2,(H2,23,25). The van der Waals surface area contributed by atoms with Crippen molar-refractivity contribution in [1.82, 2.24) is 0 Å². The summed E-state index contributed by atoms with van der Waals surface area (Å²) >= 11 is 4.48. The predicted octanol–water partition coefficient (Wildman–Crippen LogP) is 3.50. The number of primary amides is 1. The van der Waals surface area contributed by atoms with Crippen molar-refractivity contribution in [1.29, 1.82) is 5.26 Å². The Morgan fingerprint density at radius 3 is 2.41 bits per heavy atom. The molecule has 5 nitrogen and oxygen atoms in total. The molecule has 136 valence electrons. The first-order chi connectivity index (χ1) is 12.9. The molecule has 2 aromatic carbocycles. The summed E-state index contributed by atoms with van der Waals surface area (Å²) in [5.74, 6) is -1.66. The van der Waals surface area contributed by atoms with Gasteiger partial charge >= 0.3 is 0 Å². The number of nitriles is 1. The molecule has 1 heterocycles. The lowest BCUT2D eigenvalue weighted by Gasteiger charge is -2.18. The van der Waals surface area contributed by atoms with Gasteiger partial charge in [-0.05, 0) is 48.4 Å². The van der Waals surface area contributed by atoms with Crippen LogP contribution >= 0.6 is 27.7 Å². The van der Waals surface area contributed by atoms with Gasteiger partial charge in [0.15, 0.2) is 0 Å². The van der Waals surface area contributed by atoms with Gasteiger partial charge in [0, 0.05) is 10.2 Å². The summed E-state index contributed by atoms with van der Waals surface area (Å²) in [6.45, 7) is 0. The average Bonchev–Trinajstić information content (AvgIpc) is 2.94. The van der Waals surface area contributed by atoms with Gasteiger partial charge in [0.05, 0.1) is 5.25 Å². The predicted molar refractivity (Wildman–Crippen MR) is 105 cm³/mol. The van der Waals surface area contributed by atoms with E-state index >= 15 is 0 Å². The molecule has 27 heavy (non-hydrogen) atoms. The highest BCUT2D eigenvalue weighted by Gasteiger charge is 2.40. The second-order valence-electron chi connectivity index (χ2n) is 5.74. The van der Waals surface area contributed by atoms with Gasteiger partial charge in [0.25, 0.3) is 5.91 Å². The molecule has 1 aliphatic heterocycles. The number of rotatable bonds is 4. The molecular weight excluding hydrogens is 433 g/mol. The number of thioether (sulfide) groups is 1. The molecule has 0 radical (unpaired) electrons. The van der Waals surface area contributed by atoms with E-state index in [9.17, 15) is 19.2 Å². The largest absolute Gasteiger partial charge is 0.365 e. The maximum atomic E-state index is 13.3. The SMILES string of the molecule is N#CC(C(N)=O)=C1SC(Cc2ccc(Br)cc2)C(=O)N1c1ccc(F)cc1. The van der Waals surface area contributed by atoms with E-state index in [1.165, 1.54) is 29.2 Å². The lowest BCUT2D eigenvalue weighted by Crippen LogP contribution is -2.31. The van der Waals surface area contributed by atoms with Gasteiger partial charge < -0.3 is 5.73 Å². The molecule has 2 amide bonds. The van der Waals surface area contributed by atoms with Crippen LogP contribution in [0.25, 0.3) is 0 Å². The molecule has 1 saturated heterocycles. The van der Waals surface area contributed by atoms with Gasteiger partial charge in [-0.15, -0.1) is 0 Å². The van der Waals surface area contributed by atoms with Crippen molar-refractivity contribution < 1.29 is 14.0 Å². The van der Waals surface area contributed by atoms with Gasteiger partial charge in [-0.2, -0.15) is 5.26 Å². The highest BCUT2D eigenvalue weighted by atomic mass is 79.9. The van der Waals surface area contributed by atoms with Crippen LogP contribution in [-0.4, -0.2) is 17.1 Å². The zero-order valence-electron chi connectivity index (χ0n) is 13.9. The minimum Gasteiger partial charge on any atom is -0.365 e. The average molecular weight is 446 g/mol. The fourth-order valence-electron chi connectivity index (χ4n) is 2.66. The van der Waals surface area contributed by atoms with Crippen molar-refractivity contribution in [2.45, 2.75) is 11.7 Å². The highest BCUT2D eigenvalue weighted by molar-refractivity contribution is 9.10. The monoisotopic (exact) mass is 445 g/mol. The molecule has 0 aliphatic carbocycles. The molecular formula is C19H13BrFN3O2S.